The summed E-state index contributed by atoms with van der Waals surface area (Å²) in [5.74, 6) is -0.0946. The van der Waals surface area contributed by atoms with E-state index in [-0.39, 0.29) is 11.4 Å². The van der Waals surface area contributed by atoms with E-state index in [2.05, 4.69) is 30.2 Å². The first-order valence-electron chi connectivity index (χ1n) is 10.0. The van der Waals surface area contributed by atoms with Crippen LogP contribution in [-0.2, 0) is 10.3 Å². The smallest absolute Gasteiger partial charge is 0.251 e. The number of nitrogens with two attached hydrogens (primary N) is 1. The van der Waals surface area contributed by atoms with Gasteiger partial charge in [0.05, 0.1) is 6.61 Å². The second-order valence-electron chi connectivity index (χ2n) is 9.14. The Morgan fingerprint density at radius 3 is 2.21 bits per heavy atom. The molecule has 0 heterocycles. The summed E-state index contributed by atoms with van der Waals surface area (Å²) in [4.78, 5) is 12.1. The molecule has 0 aromatic heterocycles. The summed E-state index contributed by atoms with van der Waals surface area (Å²) < 4.78 is 5.97. The molecule has 28 heavy (non-hydrogen) atoms. The van der Waals surface area contributed by atoms with Crippen LogP contribution < -0.4 is 16.4 Å². The number of ether oxygens (including phenoxy) is 1. The van der Waals surface area contributed by atoms with Crippen molar-refractivity contribution in [2.24, 2.45) is 5.73 Å². The van der Waals surface area contributed by atoms with E-state index >= 15 is 0 Å². The molecule has 0 aliphatic rings. The number of hydrogen-bond donors (Lipinski definition) is 4. The maximum Gasteiger partial charge on any atom is 0.251 e. The lowest BCUT2D eigenvalue weighted by molar-refractivity contribution is 0.0213. The predicted octanol–water partition coefficient (Wildman–Crippen LogP) is 3.83. The molecule has 0 spiro atoms. The number of benzene rings is 1. The zero-order chi connectivity index (χ0) is 21.6. The Bertz CT molecular complexity index is 622. The van der Waals surface area contributed by atoms with E-state index in [0.29, 0.717) is 24.6 Å². The average Bonchev–Trinajstić information content (AvgIpc) is 2.58. The minimum Gasteiger partial charge on any atom is -0.365 e. The molecule has 0 saturated carbocycles. The number of carbonyl (C=O) groups excluding carboxylic acids is 1. The van der Waals surface area contributed by atoms with Gasteiger partial charge in [0.25, 0.3) is 5.91 Å². The van der Waals surface area contributed by atoms with Crippen molar-refractivity contribution in [3.05, 3.63) is 35.4 Å². The SMILES string of the molecule is CN[C@@H](C)CCC(C)(S)OCCC(C)(C)NC(=O)c1ccc(C(C)(C)N)cc1. The molecule has 4 N–H and O–H groups in total. The summed E-state index contributed by atoms with van der Waals surface area (Å²) in [5, 5.41) is 6.31. The molecular formula is C22H39N3O2S. The van der Waals surface area contributed by atoms with Crippen LogP contribution in [0.4, 0.5) is 0 Å². The topological polar surface area (TPSA) is 76.4 Å². The zero-order valence-electron chi connectivity index (χ0n) is 18.6. The van der Waals surface area contributed by atoms with Crippen LogP contribution in [0.2, 0.25) is 0 Å². The molecule has 0 aliphatic heterocycles. The Labute approximate surface area is 176 Å². The molecule has 1 aromatic rings. The Morgan fingerprint density at radius 2 is 1.71 bits per heavy atom. The monoisotopic (exact) mass is 409 g/mol. The van der Waals surface area contributed by atoms with Crippen molar-refractivity contribution in [1.82, 2.24) is 10.6 Å². The highest BCUT2D eigenvalue weighted by Crippen LogP contribution is 2.24. The van der Waals surface area contributed by atoms with Gasteiger partial charge in [0, 0.05) is 22.7 Å². The predicted molar refractivity (Wildman–Crippen MR) is 121 cm³/mol. The molecule has 1 rings (SSSR count). The van der Waals surface area contributed by atoms with Gasteiger partial charge < -0.3 is 21.1 Å². The van der Waals surface area contributed by atoms with E-state index in [1.54, 1.807) is 0 Å². The van der Waals surface area contributed by atoms with Gasteiger partial charge in [0.15, 0.2) is 0 Å². The standard InChI is InChI=1S/C22H39N3O2S/c1-16(24-7)12-13-22(6,28)27-15-14-20(2,3)25-19(26)17-8-10-18(11-9-17)21(4,5)23/h8-11,16,24,28H,12-15,23H2,1-7H3,(H,25,26)/t16-,22?/m0/s1. The largest absolute Gasteiger partial charge is 0.365 e. The first-order valence-corrected chi connectivity index (χ1v) is 10.5. The summed E-state index contributed by atoms with van der Waals surface area (Å²) in [7, 11) is 1.96. The highest BCUT2D eigenvalue weighted by Gasteiger charge is 2.25. The lowest BCUT2D eigenvalue weighted by atomic mass is 9.94. The van der Waals surface area contributed by atoms with Crippen LogP contribution in [0.1, 0.15) is 76.7 Å². The highest BCUT2D eigenvalue weighted by atomic mass is 32.1. The van der Waals surface area contributed by atoms with Crippen molar-refractivity contribution < 1.29 is 9.53 Å². The molecule has 1 amide bonds. The summed E-state index contributed by atoms with van der Waals surface area (Å²) >= 11 is 4.64. The lowest BCUT2D eigenvalue weighted by Gasteiger charge is -2.30. The Morgan fingerprint density at radius 1 is 1.14 bits per heavy atom. The fourth-order valence-electron chi connectivity index (χ4n) is 2.72. The number of hydrogen-bond acceptors (Lipinski definition) is 5. The van der Waals surface area contributed by atoms with Gasteiger partial charge in [-0.3, -0.25) is 4.79 Å². The van der Waals surface area contributed by atoms with E-state index < -0.39 is 10.5 Å². The van der Waals surface area contributed by atoms with Gasteiger partial charge in [0.2, 0.25) is 0 Å². The Hall–Kier alpha value is -1.08. The normalized spacial score (nSPS) is 15.8. The van der Waals surface area contributed by atoms with Gasteiger partial charge in [-0.05, 0) is 85.5 Å². The van der Waals surface area contributed by atoms with Crippen LogP contribution in [0.5, 0.6) is 0 Å². The molecule has 5 nitrogen and oxygen atoms in total. The fraction of sp³-hybridized carbons (Fsp3) is 0.682. The van der Waals surface area contributed by atoms with Crippen molar-refractivity contribution in [1.29, 1.82) is 0 Å². The van der Waals surface area contributed by atoms with E-state index in [0.717, 1.165) is 18.4 Å². The minimum atomic E-state index is -0.476. The first kappa shape index (κ1) is 25.0. The lowest BCUT2D eigenvalue weighted by Crippen LogP contribution is -2.44. The van der Waals surface area contributed by atoms with Gasteiger partial charge in [-0.1, -0.05) is 12.1 Å². The molecule has 6 heteroatoms. The maximum atomic E-state index is 12.6. The van der Waals surface area contributed by atoms with Crippen LogP contribution in [0, 0.1) is 0 Å². The van der Waals surface area contributed by atoms with E-state index in [4.69, 9.17) is 10.5 Å². The molecule has 0 bridgehead atoms. The highest BCUT2D eigenvalue weighted by molar-refractivity contribution is 7.81. The third kappa shape index (κ3) is 8.95. The number of rotatable bonds is 11. The Kier molecular flexibility index (Phi) is 9.00. The van der Waals surface area contributed by atoms with E-state index in [1.165, 1.54) is 0 Å². The quantitative estimate of drug-likeness (QED) is 0.331. The van der Waals surface area contributed by atoms with Gasteiger partial charge in [-0.15, -0.1) is 12.6 Å². The van der Waals surface area contributed by atoms with Crippen molar-refractivity contribution in [3.63, 3.8) is 0 Å². The number of carbonyl (C=O) groups is 1. The van der Waals surface area contributed by atoms with Gasteiger partial charge in [-0.2, -0.15) is 0 Å². The molecule has 2 atom stereocenters. The summed E-state index contributed by atoms with van der Waals surface area (Å²) in [6.45, 7) is 12.6. The number of thiol groups is 1. The van der Waals surface area contributed by atoms with Gasteiger partial charge >= 0.3 is 0 Å². The number of amides is 1. The van der Waals surface area contributed by atoms with Crippen LogP contribution in [-0.4, -0.2) is 36.1 Å². The van der Waals surface area contributed by atoms with Crippen LogP contribution in [0.3, 0.4) is 0 Å². The van der Waals surface area contributed by atoms with Crippen molar-refractivity contribution in [3.8, 4) is 0 Å². The first-order chi connectivity index (χ1) is 12.8. The average molecular weight is 410 g/mol. The third-order valence-electron chi connectivity index (χ3n) is 5.02. The molecule has 160 valence electrons. The fourth-order valence-corrected chi connectivity index (χ4v) is 2.94. The van der Waals surface area contributed by atoms with E-state index in [9.17, 15) is 4.79 Å². The summed E-state index contributed by atoms with van der Waals surface area (Å²) in [6, 6.07) is 7.88. The third-order valence-corrected chi connectivity index (χ3v) is 5.37. The van der Waals surface area contributed by atoms with Gasteiger partial charge in [0.1, 0.15) is 4.93 Å². The second kappa shape index (κ2) is 10.1. The van der Waals surface area contributed by atoms with Gasteiger partial charge in [-0.25, -0.2) is 0 Å². The maximum absolute atomic E-state index is 12.6. The summed E-state index contributed by atoms with van der Waals surface area (Å²) in [5.41, 5.74) is 6.92. The molecule has 1 unspecified atom stereocenters. The zero-order valence-corrected chi connectivity index (χ0v) is 19.5. The van der Waals surface area contributed by atoms with Crippen LogP contribution in [0.15, 0.2) is 24.3 Å². The molecule has 0 aliphatic carbocycles. The summed E-state index contributed by atoms with van der Waals surface area (Å²) in [6.07, 6.45) is 2.55. The van der Waals surface area contributed by atoms with Crippen molar-refractivity contribution >= 4 is 18.5 Å². The van der Waals surface area contributed by atoms with E-state index in [1.807, 2.05) is 65.9 Å². The van der Waals surface area contributed by atoms with Crippen LogP contribution >= 0.6 is 12.6 Å². The molecular weight excluding hydrogens is 370 g/mol. The Balaban J connectivity index is 2.53. The molecule has 0 saturated heterocycles. The molecule has 0 fully saturated rings. The molecule has 0 radical (unpaired) electrons. The van der Waals surface area contributed by atoms with Crippen LogP contribution in [0.25, 0.3) is 0 Å². The minimum absolute atomic E-state index is 0.0946. The number of nitrogens with one attached hydrogen (secondary N) is 2. The second-order valence-corrected chi connectivity index (χ2v) is 10.1. The van der Waals surface area contributed by atoms with Crippen molar-refractivity contribution in [2.45, 2.75) is 82.9 Å². The molecule has 1 aromatic carbocycles. The van der Waals surface area contributed by atoms with Crippen molar-refractivity contribution in [2.75, 3.05) is 13.7 Å².